The lowest BCUT2D eigenvalue weighted by molar-refractivity contribution is 0.171. The van der Waals surface area contributed by atoms with Crippen molar-refractivity contribution < 1.29 is 8.42 Å². The van der Waals surface area contributed by atoms with Crippen molar-refractivity contribution >= 4 is 9.84 Å². The third-order valence-electron chi connectivity index (χ3n) is 4.63. The average molecular weight is 259 g/mol. The molecule has 0 amide bonds. The predicted molar refractivity (Wildman–Crippen MR) is 70.5 cm³/mol. The lowest BCUT2D eigenvalue weighted by Crippen LogP contribution is -2.40. The summed E-state index contributed by atoms with van der Waals surface area (Å²) in [5.74, 6) is 2.36. The third kappa shape index (κ3) is 3.22. The van der Waals surface area contributed by atoms with E-state index >= 15 is 0 Å². The van der Waals surface area contributed by atoms with Gasteiger partial charge in [-0.15, -0.1) is 0 Å². The van der Waals surface area contributed by atoms with E-state index in [1.54, 1.807) is 0 Å². The van der Waals surface area contributed by atoms with Crippen LogP contribution in [0.4, 0.5) is 0 Å². The van der Waals surface area contributed by atoms with Crippen LogP contribution in [0.2, 0.25) is 0 Å². The third-order valence-corrected chi connectivity index (χ3v) is 6.43. The molecule has 17 heavy (non-hydrogen) atoms. The van der Waals surface area contributed by atoms with Gasteiger partial charge in [0.1, 0.15) is 0 Å². The van der Waals surface area contributed by atoms with Gasteiger partial charge >= 0.3 is 0 Å². The zero-order valence-corrected chi connectivity index (χ0v) is 11.6. The molecule has 2 aliphatic rings. The fraction of sp³-hybridized carbons (Fsp3) is 1.00. The van der Waals surface area contributed by atoms with E-state index in [0.717, 1.165) is 25.2 Å². The molecule has 0 aromatic carbocycles. The Morgan fingerprint density at radius 3 is 2.59 bits per heavy atom. The fourth-order valence-electron chi connectivity index (χ4n) is 3.69. The summed E-state index contributed by atoms with van der Waals surface area (Å²) in [6.07, 6.45) is 6.85. The highest BCUT2D eigenvalue weighted by molar-refractivity contribution is 7.91. The monoisotopic (exact) mass is 259 g/mol. The van der Waals surface area contributed by atoms with E-state index in [4.69, 9.17) is 5.73 Å². The van der Waals surface area contributed by atoms with E-state index < -0.39 is 9.84 Å². The second-order valence-electron chi connectivity index (χ2n) is 5.96. The molecule has 0 radical (unpaired) electrons. The van der Waals surface area contributed by atoms with Gasteiger partial charge in [-0.3, -0.25) is 0 Å². The minimum absolute atomic E-state index is 0.237. The summed E-state index contributed by atoms with van der Waals surface area (Å²) in [7, 11) is -2.75. The Morgan fingerprint density at radius 2 is 2.00 bits per heavy atom. The molecule has 2 fully saturated rings. The van der Waals surface area contributed by atoms with Crippen LogP contribution in [0.15, 0.2) is 0 Å². The Hall–Kier alpha value is -0.0900. The summed E-state index contributed by atoms with van der Waals surface area (Å²) >= 11 is 0. The van der Waals surface area contributed by atoms with Crippen LogP contribution in [0.25, 0.3) is 0 Å². The largest absolute Gasteiger partial charge is 0.327 e. The van der Waals surface area contributed by atoms with Crippen molar-refractivity contribution in [2.75, 3.05) is 11.5 Å². The van der Waals surface area contributed by atoms with Crippen molar-refractivity contribution in [1.29, 1.82) is 0 Å². The molecule has 0 aromatic heterocycles. The molecule has 1 saturated carbocycles. The van der Waals surface area contributed by atoms with Crippen LogP contribution in [0, 0.1) is 17.8 Å². The number of hydrogen-bond donors (Lipinski definition) is 1. The Morgan fingerprint density at radius 1 is 1.24 bits per heavy atom. The number of nitrogens with two attached hydrogens (primary N) is 1. The van der Waals surface area contributed by atoms with Crippen LogP contribution in [0.5, 0.6) is 0 Å². The van der Waals surface area contributed by atoms with Crippen LogP contribution in [0.3, 0.4) is 0 Å². The first-order valence-corrected chi connectivity index (χ1v) is 8.80. The van der Waals surface area contributed by atoms with Crippen LogP contribution in [-0.2, 0) is 9.84 Å². The Bertz CT molecular complexity index is 352. The van der Waals surface area contributed by atoms with E-state index in [1.807, 2.05) is 0 Å². The minimum Gasteiger partial charge on any atom is -0.327 e. The number of sulfone groups is 1. The highest BCUT2D eigenvalue weighted by Gasteiger charge is 2.39. The first-order valence-electron chi connectivity index (χ1n) is 6.98. The highest BCUT2D eigenvalue weighted by Crippen LogP contribution is 2.39. The standard InChI is InChI=1S/C13H25NO2S/c1-2-3-10-4-5-13(14)12(8-10)11-6-7-17(15,16)9-11/h10-13H,2-9,14H2,1H3. The molecule has 3 nitrogen and oxygen atoms in total. The molecular weight excluding hydrogens is 234 g/mol. The van der Waals surface area contributed by atoms with Gasteiger partial charge in [0.25, 0.3) is 0 Å². The van der Waals surface area contributed by atoms with Crippen LogP contribution in [-0.4, -0.2) is 26.0 Å². The van der Waals surface area contributed by atoms with Crippen molar-refractivity contribution in [2.45, 2.75) is 51.5 Å². The van der Waals surface area contributed by atoms with Gasteiger partial charge in [0.15, 0.2) is 9.84 Å². The van der Waals surface area contributed by atoms with Gasteiger partial charge < -0.3 is 5.73 Å². The second kappa shape index (κ2) is 5.27. The van der Waals surface area contributed by atoms with E-state index in [9.17, 15) is 8.42 Å². The van der Waals surface area contributed by atoms with Gasteiger partial charge in [0.2, 0.25) is 0 Å². The molecule has 1 heterocycles. The Kier molecular flexibility index (Phi) is 4.14. The maximum atomic E-state index is 11.6. The number of rotatable bonds is 3. The van der Waals surface area contributed by atoms with Gasteiger partial charge in [-0.2, -0.15) is 0 Å². The van der Waals surface area contributed by atoms with Gasteiger partial charge in [0, 0.05) is 6.04 Å². The van der Waals surface area contributed by atoms with Gasteiger partial charge in [-0.25, -0.2) is 8.42 Å². The highest BCUT2D eigenvalue weighted by atomic mass is 32.2. The quantitative estimate of drug-likeness (QED) is 0.843. The zero-order chi connectivity index (χ0) is 12.5. The second-order valence-corrected chi connectivity index (χ2v) is 8.19. The van der Waals surface area contributed by atoms with Gasteiger partial charge in [0.05, 0.1) is 11.5 Å². The minimum atomic E-state index is -2.75. The molecule has 4 atom stereocenters. The SMILES string of the molecule is CCCC1CCC(N)C(C2CCS(=O)(=O)C2)C1. The molecule has 1 saturated heterocycles. The Balaban J connectivity index is 1.98. The summed E-state index contributed by atoms with van der Waals surface area (Å²) in [6.45, 7) is 2.23. The molecule has 0 spiro atoms. The topological polar surface area (TPSA) is 60.2 Å². The molecule has 0 bridgehead atoms. The molecule has 4 unspecified atom stereocenters. The van der Waals surface area contributed by atoms with Gasteiger partial charge in [-0.1, -0.05) is 19.8 Å². The van der Waals surface area contributed by atoms with Gasteiger partial charge in [-0.05, 0) is 43.4 Å². The maximum absolute atomic E-state index is 11.6. The van der Waals surface area contributed by atoms with Crippen LogP contribution >= 0.6 is 0 Å². The van der Waals surface area contributed by atoms with Crippen LogP contribution < -0.4 is 5.73 Å². The molecule has 4 heteroatoms. The first-order chi connectivity index (χ1) is 8.02. The lowest BCUT2D eigenvalue weighted by atomic mass is 9.71. The van der Waals surface area contributed by atoms with E-state index in [0.29, 0.717) is 23.3 Å². The van der Waals surface area contributed by atoms with Crippen molar-refractivity contribution in [3.63, 3.8) is 0 Å². The molecular formula is C13H25NO2S. The molecule has 2 rings (SSSR count). The summed E-state index contributed by atoms with van der Waals surface area (Å²) in [5, 5.41) is 0. The maximum Gasteiger partial charge on any atom is 0.150 e. The zero-order valence-electron chi connectivity index (χ0n) is 10.8. The summed E-state index contributed by atoms with van der Waals surface area (Å²) in [6, 6.07) is 0.237. The molecule has 1 aliphatic carbocycles. The normalized spacial score (nSPS) is 41.5. The van der Waals surface area contributed by atoms with Crippen molar-refractivity contribution in [3.8, 4) is 0 Å². The summed E-state index contributed by atoms with van der Waals surface area (Å²) in [5.41, 5.74) is 6.21. The molecule has 0 aromatic rings. The first kappa shape index (κ1) is 13.3. The Labute approximate surface area is 105 Å². The van der Waals surface area contributed by atoms with Crippen molar-refractivity contribution in [3.05, 3.63) is 0 Å². The lowest BCUT2D eigenvalue weighted by Gasteiger charge is -2.37. The number of hydrogen-bond acceptors (Lipinski definition) is 3. The fourth-order valence-corrected chi connectivity index (χ4v) is 5.59. The van der Waals surface area contributed by atoms with Crippen molar-refractivity contribution in [2.24, 2.45) is 23.5 Å². The molecule has 100 valence electrons. The smallest absolute Gasteiger partial charge is 0.150 e. The van der Waals surface area contributed by atoms with Crippen LogP contribution in [0.1, 0.15) is 45.4 Å². The predicted octanol–water partition coefficient (Wildman–Crippen LogP) is 1.96. The molecule has 1 aliphatic heterocycles. The summed E-state index contributed by atoms with van der Waals surface area (Å²) in [4.78, 5) is 0. The van der Waals surface area contributed by atoms with E-state index in [2.05, 4.69) is 6.92 Å². The average Bonchev–Trinajstić information content (AvgIpc) is 2.62. The van der Waals surface area contributed by atoms with Crippen molar-refractivity contribution in [1.82, 2.24) is 0 Å². The van der Waals surface area contributed by atoms with E-state index in [-0.39, 0.29) is 6.04 Å². The van der Waals surface area contributed by atoms with E-state index in [1.165, 1.54) is 19.3 Å². The summed E-state index contributed by atoms with van der Waals surface area (Å²) < 4.78 is 23.1. The molecule has 2 N–H and O–H groups in total.